The van der Waals surface area contributed by atoms with Gasteiger partial charge in [-0.25, -0.2) is 4.79 Å². The van der Waals surface area contributed by atoms with Gasteiger partial charge in [0.2, 0.25) is 0 Å². The van der Waals surface area contributed by atoms with Crippen LogP contribution < -0.4 is 4.74 Å². The molecule has 112 valence electrons. The van der Waals surface area contributed by atoms with Crippen molar-refractivity contribution in [1.29, 1.82) is 0 Å². The molecule has 1 aromatic heterocycles. The Labute approximate surface area is 125 Å². The first kappa shape index (κ1) is 15.2. The van der Waals surface area contributed by atoms with Gasteiger partial charge in [0.1, 0.15) is 5.75 Å². The molecule has 0 unspecified atom stereocenters. The Morgan fingerprint density at radius 2 is 1.90 bits per heavy atom. The molecule has 0 spiro atoms. The number of rotatable bonds is 5. The molecule has 2 rings (SSSR count). The lowest BCUT2D eigenvalue weighted by Gasteiger charge is -2.16. The van der Waals surface area contributed by atoms with Gasteiger partial charge < -0.3 is 14.4 Å². The third-order valence-electron chi connectivity index (χ3n) is 3.50. The summed E-state index contributed by atoms with van der Waals surface area (Å²) in [4.78, 5) is 11.3. The van der Waals surface area contributed by atoms with E-state index in [1.54, 1.807) is 6.07 Å². The number of carboxylic acids is 1. The van der Waals surface area contributed by atoms with E-state index in [0.29, 0.717) is 12.2 Å². The van der Waals surface area contributed by atoms with Crippen molar-refractivity contribution >= 4 is 5.97 Å². The highest BCUT2D eigenvalue weighted by molar-refractivity contribution is 5.91. The summed E-state index contributed by atoms with van der Waals surface area (Å²) in [6.45, 7) is 8.53. The maximum Gasteiger partial charge on any atom is 0.337 e. The van der Waals surface area contributed by atoms with E-state index in [0.717, 1.165) is 22.7 Å². The second-order valence-electron chi connectivity index (χ2n) is 5.25. The first-order valence-corrected chi connectivity index (χ1v) is 7.14. The molecule has 0 amide bonds. The zero-order valence-corrected chi connectivity index (χ0v) is 12.9. The fourth-order valence-corrected chi connectivity index (χ4v) is 2.61. The van der Waals surface area contributed by atoms with Crippen LogP contribution in [0.25, 0.3) is 11.3 Å². The Kier molecular flexibility index (Phi) is 4.36. The minimum absolute atomic E-state index is 0.194. The van der Waals surface area contributed by atoms with E-state index in [2.05, 4.69) is 18.4 Å². The summed E-state index contributed by atoms with van der Waals surface area (Å²) in [5.41, 5.74) is 3.04. The molecule has 1 N–H and O–H groups in total. The number of aromatic nitrogens is 1. The third kappa shape index (κ3) is 2.94. The summed E-state index contributed by atoms with van der Waals surface area (Å²) in [5.74, 6) is -0.0711. The van der Waals surface area contributed by atoms with Crippen molar-refractivity contribution in [3.05, 3.63) is 41.6 Å². The number of carboxylic acid groups (broad SMARTS) is 1. The molecule has 0 fully saturated rings. The minimum Gasteiger partial charge on any atom is -0.494 e. The summed E-state index contributed by atoms with van der Waals surface area (Å²) in [7, 11) is 0. The fraction of sp³-hybridized carbons (Fsp3) is 0.353. The molecule has 0 aliphatic rings. The number of carbonyl (C=O) groups is 1. The number of nitrogens with zero attached hydrogens (tertiary/aromatic N) is 1. The van der Waals surface area contributed by atoms with E-state index < -0.39 is 5.97 Å². The third-order valence-corrected chi connectivity index (χ3v) is 3.50. The highest BCUT2D eigenvalue weighted by atomic mass is 16.5. The second-order valence-corrected chi connectivity index (χ2v) is 5.25. The molecule has 4 heteroatoms. The lowest BCUT2D eigenvalue weighted by atomic mass is 10.1. The van der Waals surface area contributed by atoms with Gasteiger partial charge in [0.15, 0.2) is 0 Å². The van der Waals surface area contributed by atoms with Gasteiger partial charge in [-0.1, -0.05) is 0 Å². The van der Waals surface area contributed by atoms with Crippen LogP contribution in [0.5, 0.6) is 5.75 Å². The monoisotopic (exact) mass is 287 g/mol. The first-order valence-electron chi connectivity index (χ1n) is 7.14. The van der Waals surface area contributed by atoms with Crippen molar-refractivity contribution in [3.8, 4) is 17.0 Å². The highest BCUT2D eigenvalue weighted by Crippen LogP contribution is 2.30. The van der Waals surface area contributed by atoms with E-state index in [-0.39, 0.29) is 6.04 Å². The molecule has 21 heavy (non-hydrogen) atoms. The molecule has 0 radical (unpaired) electrons. The van der Waals surface area contributed by atoms with Gasteiger partial charge in [-0.05, 0) is 63.6 Å². The van der Waals surface area contributed by atoms with Crippen LogP contribution in [-0.2, 0) is 0 Å². The van der Waals surface area contributed by atoms with Crippen LogP contribution in [0.2, 0.25) is 0 Å². The number of ether oxygens (including phenoxy) is 1. The maximum atomic E-state index is 11.3. The first-order chi connectivity index (χ1) is 9.95. The molecule has 4 nitrogen and oxygen atoms in total. The van der Waals surface area contributed by atoms with Crippen LogP contribution in [0.15, 0.2) is 30.3 Å². The number of benzene rings is 1. The zero-order valence-electron chi connectivity index (χ0n) is 12.9. The van der Waals surface area contributed by atoms with Gasteiger partial charge in [0, 0.05) is 17.4 Å². The predicted octanol–water partition coefficient (Wildman–Crippen LogP) is 4.14. The van der Waals surface area contributed by atoms with Crippen LogP contribution >= 0.6 is 0 Å². The van der Waals surface area contributed by atoms with Crippen LogP contribution in [0, 0.1) is 6.92 Å². The fourth-order valence-electron chi connectivity index (χ4n) is 2.61. The highest BCUT2D eigenvalue weighted by Gasteiger charge is 2.19. The van der Waals surface area contributed by atoms with Crippen molar-refractivity contribution in [2.75, 3.05) is 6.61 Å². The van der Waals surface area contributed by atoms with E-state index in [1.165, 1.54) is 0 Å². The van der Waals surface area contributed by atoms with Crippen LogP contribution in [0.1, 0.15) is 42.9 Å². The lowest BCUT2D eigenvalue weighted by Crippen LogP contribution is -2.06. The largest absolute Gasteiger partial charge is 0.494 e. The van der Waals surface area contributed by atoms with E-state index >= 15 is 0 Å². The molecule has 0 atom stereocenters. The number of hydrogen-bond donors (Lipinski definition) is 1. The topological polar surface area (TPSA) is 51.5 Å². The lowest BCUT2D eigenvalue weighted by molar-refractivity contribution is 0.0696. The van der Waals surface area contributed by atoms with E-state index in [1.807, 2.05) is 38.1 Å². The molecule has 0 saturated heterocycles. The van der Waals surface area contributed by atoms with E-state index in [9.17, 15) is 9.90 Å². The smallest absolute Gasteiger partial charge is 0.337 e. The van der Waals surface area contributed by atoms with Crippen molar-refractivity contribution in [1.82, 2.24) is 4.57 Å². The zero-order chi connectivity index (χ0) is 15.6. The molecular formula is C17H21NO3. The molecular weight excluding hydrogens is 266 g/mol. The Hall–Kier alpha value is -2.23. The van der Waals surface area contributed by atoms with Crippen molar-refractivity contribution < 1.29 is 14.6 Å². The Bertz CT molecular complexity index is 639. The van der Waals surface area contributed by atoms with Crippen molar-refractivity contribution in [2.24, 2.45) is 0 Å². The molecule has 2 aromatic rings. The van der Waals surface area contributed by atoms with Gasteiger partial charge >= 0.3 is 5.97 Å². The number of hydrogen-bond acceptors (Lipinski definition) is 2. The van der Waals surface area contributed by atoms with Crippen molar-refractivity contribution in [3.63, 3.8) is 0 Å². The predicted molar refractivity (Wildman–Crippen MR) is 83.1 cm³/mol. The molecule has 0 aliphatic carbocycles. The summed E-state index contributed by atoms with van der Waals surface area (Å²) >= 11 is 0. The molecule has 1 heterocycles. The minimum atomic E-state index is -0.890. The van der Waals surface area contributed by atoms with E-state index in [4.69, 9.17) is 4.74 Å². The molecule has 0 aliphatic heterocycles. The van der Waals surface area contributed by atoms with Crippen LogP contribution in [-0.4, -0.2) is 22.2 Å². The Morgan fingerprint density at radius 3 is 2.38 bits per heavy atom. The standard InChI is InChI=1S/C17H21NO3/c1-5-21-14-8-6-13(7-9-14)16-10-15(17(19)20)12(4)18(16)11(2)3/h6-11H,5H2,1-4H3,(H,19,20). The van der Waals surface area contributed by atoms with Crippen LogP contribution in [0.4, 0.5) is 0 Å². The normalized spacial score (nSPS) is 10.9. The van der Waals surface area contributed by atoms with Gasteiger partial charge in [0.05, 0.1) is 12.2 Å². The van der Waals surface area contributed by atoms with Crippen LogP contribution in [0.3, 0.4) is 0 Å². The second kappa shape index (κ2) is 6.04. The van der Waals surface area contributed by atoms with Gasteiger partial charge in [0.25, 0.3) is 0 Å². The SMILES string of the molecule is CCOc1ccc(-c2cc(C(=O)O)c(C)n2C(C)C)cc1. The maximum absolute atomic E-state index is 11.3. The summed E-state index contributed by atoms with van der Waals surface area (Å²) in [6, 6.07) is 9.68. The molecule has 0 bridgehead atoms. The Balaban J connectivity index is 2.52. The molecule has 1 aromatic carbocycles. The average molecular weight is 287 g/mol. The summed E-state index contributed by atoms with van der Waals surface area (Å²) < 4.78 is 7.50. The van der Waals surface area contributed by atoms with Gasteiger partial charge in [-0.3, -0.25) is 0 Å². The van der Waals surface area contributed by atoms with Gasteiger partial charge in [-0.2, -0.15) is 0 Å². The summed E-state index contributed by atoms with van der Waals surface area (Å²) in [6.07, 6.45) is 0. The Morgan fingerprint density at radius 1 is 1.29 bits per heavy atom. The number of aromatic carboxylic acids is 1. The molecule has 0 saturated carbocycles. The summed E-state index contributed by atoms with van der Waals surface area (Å²) in [5, 5.41) is 9.31. The van der Waals surface area contributed by atoms with Gasteiger partial charge in [-0.15, -0.1) is 0 Å². The van der Waals surface area contributed by atoms with Crippen molar-refractivity contribution in [2.45, 2.75) is 33.7 Å². The quantitative estimate of drug-likeness (QED) is 0.899. The average Bonchev–Trinajstić information content (AvgIpc) is 2.78.